The Kier molecular flexibility index (Phi) is 2.85. The van der Waals surface area contributed by atoms with Gasteiger partial charge in [0.2, 0.25) is 0 Å². The van der Waals surface area contributed by atoms with E-state index in [0.717, 1.165) is 7.27 Å². The molecule has 0 amide bonds. The second-order valence-corrected chi connectivity index (χ2v) is 3.87. The Morgan fingerprint density at radius 3 is 2.70 bits per heavy atom. The molecule has 0 bridgehead atoms. The zero-order chi connectivity index (χ0) is 7.56. The molecule has 1 heterocycles. The van der Waals surface area contributed by atoms with E-state index in [1.54, 1.807) is 6.20 Å². The highest BCUT2D eigenvalue weighted by Crippen LogP contribution is 2.11. The van der Waals surface area contributed by atoms with Gasteiger partial charge in [-0.05, 0) is 51.2 Å². The lowest BCUT2D eigenvalue weighted by molar-refractivity contribution is 1.23. The van der Waals surface area contributed by atoms with E-state index in [4.69, 9.17) is 5.26 Å². The minimum absolute atomic E-state index is 0.646. The van der Waals surface area contributed by atoms with Crippen molar-refractivity contribution in [2.24, 2.45) is 0 Å². The van der Waals surface area contributed by atoms with Crippen LogP contribution in [0.5, 0.6) is 0 Å². The molecule has 0 aliphatic rings. The van der Waals surface area contributed by atoms with Crippen LogP contribution in [0.25, 0.3) is 0 Å². The van der Waals surface area contributed by atoms with E-state index < -0.39 is 0 Å². The van der Waals surface area contributed by atoms with E-state index in [0.29, 0.717) is 5.56 Å². The third kappa shape index (κ3) is 1.79. The van der Waals surface area contributed by atoms with Crippen molar-refractivity contribution in [1.82, 2.24) is 4.98 Å². The van der Waals surface area contributed by atoms with E-state index in [1.165, 1.54) is 0 Å². The predicted molar refractivity (Wildman–Crippen MR) is 54.4 cm³/mol. The molecule has 50 valence electrons. The molecule has 0 aliphatic heterocycles. The highest BCUT2D eigenvalue weighted by molar-refractivity contribution is 14.1. The molecule has 2 nitrogen and oxygen atoms in total. The molecule has 1 rings (SSSR count). The van der Waals surface area contributed by atoms with Gasteiger partial charge in [-0.25, -0.2) is 4.98 Å². The molecule has 4 heteroatoms. The lowest BCUT2D eigenvalue weighted by atomic mass is 10.3. The summed E-state index contributed by atoms with van der Waals surface area (Å²) < 4.78 is 1.76. The molecule has 1 aromatic rings. The maximum Gasteiger partial charge on any atom is 0.119 e. The van der Waals surface area contributed by atoms with Gasteiger partial charge in [0.05, 0.1) is 5.56 Å². The van der Waals surface area contributed by atoms with E-state index in [2.05, 4.69) is 33.6 Å². The van der Waals surface area contributed by atoms with E-state index >= 15 is 0 Å². The average Bonchev–Trinajstić information content (AvgIpc) is 1.94. The van der Waals surface area contributed by atoms with Gasteiger partial charge in [0.1, 0.15) is 9.77 Å². The lowest BCUT2D eigenvalue weighted by Crippen LogP contribution is -1.87. The molecular formula is C6H2I2N2. The molecular weight excluding hydrogens is 354 g/mol. The quantitative estimate of drug-likeness (QED) is 0.528. The number of hydrogen-bond donors (Lipinski definition) is 0. The molecule has 0 N–H and O–H groups in total. The van der Waals surface area contributed by atoms with Crippen LogP contribution in [-0.2, 0) is 0 Å². The molecule has 0 unspecified atom stereocenters. The third-order valence-electron chi connectivity index (χ3n) is 0.926. The van der Waals surface area contributed by atoms with E-state index in [9.17, 15) is 0 Å². The number of aromatic nitrogens is 1. The highest BCUT2D eigenvalue weighted by Gasteiger charge is 1.98. The number of hydrogen-bond acceptors (Lipinski definition) is 2. The fraction of sp³-hybridized carbons (Fsp3) is 0. The predicted octanol–water partition coefficient (Wildman–Crippen LogP) is 2.16. The standard InChI is InChI=1S/C6H2I2N2/c7-5-1-4(2-9)6(8)10-3-5/h1,3H. The van der Waals surface area contributed by atoms with Crippen LogP contribution in [0.1, 0.15) is 5.56 Å². The summed E-state index contributed by atoms with van der Waals surface area (Å²) in [5.41, 5.74) is 0.646. The third-order valence-corrected chi connectivity index (χ3v) is 2.38. The Balaban J connectivity index is 3.25. The maximum absolute atomic E-state index is 8.54. The maximum atomic E-state index is 8.54. The molecule has 0 aromatic carbocycles. The molecule has 0 aliphatic carbocycles. The zero-order valence-electron chi connectivity index (χ0n) is 4.81. The van der Waals surface area contributed by atoms with Gasteiger partial charge in [0.25, 0.3) is 0 Å². The van der Waals surface area contributed by atoms with Crippen molar-refractivity contribution in [3.63, 3.8) is 0 Å². The van der Waals surface area contributed by atoms with Crippen LogP contribution in [-0.4, -0.2) is 4.98 Å². The molecule has 0 saturated heterocycles. The molecule has 10 heavy (non-hydrogen) atoms. The van der Waals surface area contributed by atoms with Gasteiger partial charge in [-0.1, -0.05) is 0 Å². The molecule has 0 saturated carbocycles. The fourth-order valence-electron chi connectivity index (χ4n) is 0.501. The topological polar surface area (TPSA) is 36.7 Å². The Morgan fingerprint density at radius 1 is 1.50 bits per heavy atom. The first-order valence-electron chi connectivity index (χ1n) is 2.45. The second-order valence-electron chi connectivity index (χ2n) is 1.60. The highest BCUT2D eigenvalue weighted by atomic mass is 127. The van der Waals surface area contributed by atoms with Gasteiger partial charge < -0.3 is 0 Å². The summed E-state index contributed by atoms with van der Waals surface area (Å²) in [7, 11) is 0. The van der Waals surface area contributed by atoms with Gasteiger partial charge in [0.15, 0.2) is 0 Å². The second kappa shape index (κ2) is 3.48. The van der Waals surface area contributed by atoms with Gasteiger partial charge >= 0.3 is 0 Å². The summed E-state index contributed by atoms with van der Waals surface area (Å²) in [5.74, 6) is 0. The Morgan fingerprint density at radius 2 is 2.20 bits per heavy atom. The normalized spacial score (nSPS) is 8.90. The van der Waals surface area contributed by atoms with Crippen molar-refractivity contribution in [2.75, 3.05) is 0 Å². The van der Waals surface area contributed by atoms with Crippen molar-refractivity contribution in [2.45, 2.75) is 0 Å². The van der Waals surface area contributed by atoms with Gasteiger partial charge in [0, 0.05) is 9.77 Å². The molecule has 0 atom stereocenters. The summed E-state index contributed by atoms with van der Waals surface area (Å²) in [4.78, 5) is 4.01. The molecule has 0 radical (unpaired) electrons. The molecule has 1 aromatic heterocycles. The van der Waals surface area contributed by atoms with Crippen LogP contribution < -0.4 is 0 Å². The fourth-order valence-corrected chi connectivity index (χ4v) is 1.37. The first-order valence-corrected chi connectivity index (χ1v) is 4.61. The first-order chi connectivity index (χ1) is 4.74. The SMILES string of the molecule is N#Cc1cc(I)cnc1I. The number of nitrogens with zero attached hydrogens (tertiary/aromatic N) is 2. The first kappa shape index (κ1) is 8.20. The minimum Gasteiger partial charge on any atom is -0.248 e. The van der Waals surface area contributed by atoms with Crippen LogP contribution in [0.3, 0.4) is 0 Å². The molecule has 0 spiro atoms. The average molecular weight is 356 g/mol. The monoisotopic (exact) mass is 356 g/mol. The van der Waals surface area contributed by atoms with Crippen molar-refractivity contribution in [3.8, 4) is 6.07 Å². The van der Waals surface area contributed by atoms with Crippen molar-refractivity contribution < 1.29 is 0 Å². The van der Waals surface area contributed by atoms with E-state index in [-0.39, 0.29) is 0 Å². The molecule has 0 fully saturated rings. The van der Waals surface area contributed by atoms with Gasteiger partial charge in [-0.2, -0.15) is 5.26 Å². The number of nitriles is 1. The van der Waals surface area contributed by atoms with Crippen molar-refractivity contribution in [3.05, 3.63) is 25.1 Å². The van der Waals surface area contributed by atoms with Crippen LogP contribution in [0.15, 0.2) is 12.3 Å². The Labute approximate surface area is 85.9 Å². The Bertz CT molecular complexity index is 290. The van der Waals surface area contributed by atoms with Crippen LogP contribution in [0.4, 0.5) is 0 Å². The summed E-state index contributed by atoms with van der Waals surface area (Å²) in [6.07, 6.45) is 1.74. The zero-order valence-corrected chi connectivity index (χ0v) is 9.12. The number of halogens is 2. The summed E-state index contributed by atoms with van der Waals surface area (Å²) in [6, 6.07) is 3.88. The lowest BCUT2D eigenvalue weighted by Gasteiger charge is -1.92. The number of rotatable bonds is 0. The van der Waals surface area contributed by atoms with Crippen molar-refractivity contribution in [1.29, 1.82) is 5.26 Å². The summed E-state index contributed by atoms with van der Waals surface area (Å²) >= 11 is 4.17. The largest absolute Gasteiger partial charge is 0.248 e. The van der Waals surface area contributed by atoms with Gasteiger partial charge in [-0.15, -0.1) is 0 Å². The minimum atomic E-state index is 0.646. The van der Waals surface area contributed by atoms with E-state index in [1.807, 2.05) is 28.7 Å². The van der Waals surface area contributed by atoms with Crippen molar-refractivity contribution >= 4 is 45.2 Å². The summed E-state index contributed by atoms with van der Waals surface area (Å²) in [5, 5.41) is 8.54. The van der Waals surface area contributed by atoms with Crippen LogP contribution >= 0.6 is 45.2 Å². The Hall–Kier alpha value is 0.100. The van der Waals surface area contributed by atoms with Gasteiger partial charge in [-0.3, -0.25) is 0 Å². The number of pyridine rings is 1. The van der Waals surface area contributed by atoms with Crippen LogP contribution in [0, 0.1) is 18.6 Å². The summed E-state index contributed by atoms with van der Waals surface area (Å²) in [6.45, 7) is 0. The smallest absolute Gasteiger partial charge is 0.119 e. The van der Waals surface area contributed by atoms with Crippen LogP contribution in [0.2, 0.25) is 0 Å².